The van der Waals surface area contributed by atoms with Gasteiger partial charge in [-0.05, 0) is 35.3 Å². The molecular formula is C6H12Cl3OP. The normalized spacial score (nSPS) is 11.9. The molecule has 0 aromatic rings. The Labute approximate surface area is 82.3 Å². The minimum atomic E-state index is -2.80. The Morgan fingerprint density at radius 2 is 1.55 bits per heavy atom. The molecule has 0 amide bonds. The van der Waals surface area contributed by atoms with Crippen LogP contribution >= 0.6 is 39.9 Å². The van der Waals surface area contributed by atoms with Crippen LogP contribution in [0, 0.1) is 0 Å². The summed E-state index contributed by atoms with van der Waals surface area (Å²) in [7, 11) is 0. The van der Waals surface area contributed by atoms with Gasteiger partial charge in [-0.3, -0.25) is 4.57 Å². The van der Waals surface area contributed by atoms with Gasteiger partial charge in [-0.25, -0.2) is 0 Å². The average molecular weight is 237 g/mol. The topological polar surface area (TPSA) is 17.1 Å². The Kier molecular flexibility index (Phi) is 7.26. The van der Waals surface area contributed by atoms with Gasteiger partial charge in [-0.1, -0.05) is 12.8 Å². The highest BCUT2D eigenvalue weighted by molar-refractivity contribution is 8.08. The molecule has 0 unspecified atom stereocenters. The molecule has 0 bridgehead atoms. The van der Waals surface area contributed by atoms with Gasteiger partial charge >= 0.3 is 0 Å². The van der Waals surface area contributed by atoms with Crippen molar-refractivity contribution in [1.82, 2.24) is 0 Å². The molecule has 0 aromatic carbocycles. The second kappa shape index (κ2) is 6.60. The molecule has 0 radical (unpaired) electrons. The molecule has 0 rings (SSSR count). The summed E-state index contributed by atoms with van der Waals surface area (Å²) in [4.78, 5) is 0. The first kappa shape index (κ1) is 12.1. The van der Waals surface area contributed by atoms with Crippen molar-refractivity contribution in [2.45, 2.75) is 25.7 Å². The third-order valence-electron chi connectivity index (χ3n) is 1.30. The molecule has 68 valence electrons. The first-order valence-electron chi connectivity index (χ1n) is 3.60. The van der Waals surface area contributed by atoms with Gasteiger partial charge < -0.3 is 0 Å². The van der Waals surface area contributed by atoms with E-state index in [0.717, 1.165) is 25.7 Å². The molecule has 0 saturated carbocycles. The monoisotopic (exact) mass is 236 g/mol. The van der Waals surface area contributed by atoms with E-state index in [1.54, 1.807) is 0 Å². The Bertz CT molecular complexity index is 134. The summed E-state index contributed by atoms with van der Waals surface area (Å²) in [5.74, 6) is -2.11. The maximum Gasteiger partial charge on any atom is 0.253 e. The van der Waals surface area contributed by atoms with Crippen molar-refractivity contribution < 1.29 is 4.57 Å². The molecule has 0 heterocycles. The van der Waals surface area contributed by atoms with E-state index < -0.39 is 5.85 Å². The molecule has 0 saturated heterocycles. The van der Waals surface area contributed by atoms with E-state index >= 15 is 0 Å². The molecule has 1 nitrogen and oxygen atoms in total. The van der Waals surface area contributed by atoms with Gasteiger partial charge in [0, 0.05) is 12.0 Å². The lowest BCUT2D eigenvalue weighted by molar-refractivity contribution is 0.588. The first-order valence-corrected chi connectivity index (χ1v) is 7.84. The van der Waals surface area contributed by atoms with Gasteiger partial charge in [0.2, 0.25) is 0 Å². The number of alkyl halides is 1. The number of halogens is 3. The summed E-state index contributed by atoms with van der Waals surface area (Å²) in [5, 5.41) is 0. The van der Waals surface area contributed by atoms with E-state index in [1.165, 1.54) is 0 Å². The minimum Gasteiger partial charge on any atom is -0.289 e. The van der Waals surface area contributed by atoms with Crippen LogP contribution in [0.3, 0.4) is 0 Å². The van der Waals surface area contributed by atoms with Crippen LogP contribution in [0.1, 0.15) is 25.7 Å². The van der Waals surface area contributed by atoms with Crippen molar-refractivity contribution in [3.63, 3.8) is 0 Å². The Balaban J connectivity index is 3.09. The fraction of sp³-hybridized carbons (Fsp3) is 1.00. The summed E-state index contributed by atoms with van der Waals surface area (Å²) in [5.41, 5.74) is 0. The second-order valence-electron chi connectivity index (χ2n) is 2.40. The lowest BCUT2D eigenvalue weighted by Crippen LogP contribution is -1.82. The standard InChI is InChI=1S/C6H12Cl3OP/c7-5-3-1-2-4-6-11(8,9)10/h1-6H2. The SMILES string of the molecule is O=P(Cl)(Cl)CCCCCCCl. The Morgan fingerprint density at radius 1 is 1.00 bits per heavy atom. The maximum atomic E-state index is 10.8. The highest BCUT2D eigenvalue weighted by Gasteiger charge is 2.11. The van der Waals surface area contributed by atoms with Crippen LogP contribution in [0.25, 0.3) is 0 Å². The van der Waals surface area contributed by atoms with Crippen molar-refractivity contribution in [2.24, 2.45) is 0 Å². The van der Waals surface area contributed by atoms with E-state index in [-0.39, 0.29) is 0 Å². The summed E-state index contributed by atoms with van der Waals surface area (Å²) in [6.07, 6.45) is 4.35. The summed E-state index contributed by atoms with van der Waals surface area (Å²) < 4.78 is 10.8. The van der Waals surface area contributed by atoms with E-state index in [2.05, 4.69) is 0 Å². The number of unbranched alkanes of at least 4 members (excludes halogenated alkanes) is 3. The largest absolute Gasteiger partial charge is 0.289 e. The number of rotatable bonds is 6. The third kappa shape index (κ3) is 11.1. The van der Waals surface area contributed by atoms with Crippen LogP contribution in [-0.4, -0.2) is 12.0 Å². The highest BCUT2D eigenvalue weighted by Crippen LogP contribution is 2.57. The third-order valence-corrected chi connectivity index (χ3v) is 3.42. The molecule has 11 heavy (non-hydrogen) atoms. The first-order chi connectivity index (χ1) is 5.06. The van der Waals surface area contributed by atoms with E-state index in [0.29, 0.717) is 12.0 Å². The van der Waals surface area contributed by atoms with Crippen LogP contribution in [0.5, 0.6) is 0 Å². The summed E-state index contributed by atoms with van der Waals surface area (Å²) >= 11 is 16.1. The zero-order valence-electron chi connectivity index (χ0n) is 6.23. The predicted octanol–water partition coefficient (Wildman–Crippen LogP) is 4.46. The second-order valence-corrected chi connectivity index (χ2v) is 8.16. The summed E-state index contributed by atoms with van der Waals surface area (Å²) in [6.45, 7) is 0. The fourth-order valence-corrected chi connectivity index (χ4v) is 2.24. The van der Waals surface area contributed by atoms with Crippen LogP contribution in [0.15, 0.2) is 0 Å². The maximum absolute atomic E-state index is 10.8. The molecule has 5 heteroatoms. The van der Waals surface area contributed by atoms with Crippen LogP contribution in [-0.2, 0) is 4.57 Å². The minimum absolute atomic E-state index is 0.429. The van der Waals surface area contributed by atoms with E-state index in [9.17, 15) is 4.57 Å². The van der Waals surface area contributed by atoms with Gasteiger partial charge in [0.05, 0.1) is 0 Å². The Hall–Kier alpha value is 1.10. The van der Waals surface area contributed by atoms with E-state index in [4.69, 9.17) is 34.1 Å². The molecule has 0 atom stereocenters. The molecule has 0 aliphatic carbocycles. The van der Waals surface area contributed by atoms with Crippen molar-refractivity contribution >= 4 is 39.9 Å². The molecule has 0 spiro atoms. The molecular weight excluding hydrogens is 225 g/mol. The van der Waals surface area contributed by atoms with Gasteiger partial charge in [-0.15, -0.1) is 11.6 Å². The Morgan fingerprint density at radius 3 is 2.00 bits per heavy atom. The molecule has 0 N–H and O–H groups in total. The average Bonchev–Trinajstić information content (AvgIpc) is 1.85. The number of hydrogen-bond donors (Lipinski definition) is 0. The van der Waals surface area contributed by atoms with Gasteiger partial charge in [-0.2, -0.15) is 0 Å². The lowest BCUT2D eigenvalue weighted by Gasteiger charge is -2.00. The highest BCUT2D eigenvalue weighted by atomic mass is 35.9. The van der Waals surface area contributed by atoms with Crippen molar-refractivity contribution in [2.75, 3.05) is 12.0 Å². The van der Waals surface area contributed by atoms with Crippen molar-refractivity contribution in [1.29, 1.82) is 0 Å². The lowest BCUT2D eigenvalue weighted by atomic mass is 10.2. The smallest absolute Gasteiger partial charge is 0.253 e. The van der Waals surface area contributed by atoms with Crippen molar-refractivity contribution in [3.05, 3.63) is 0 Å². The van der Waals surface area contributed by atoms with E-state index in [1.807, 2.05) is 0 Å². The molecule has 0 aliphatic heterocycles. The predicted molar refractivity (Wildman–Crippen MR) is 53.4 cm³/mol. The van der Waals surface area contributed by atoms with Crippen LogP contribution in [0.4, 0.5) is 0 Å². The molecule has 0 aromatic heterocycles. The van der Waals surface area contributed by atoms with Crippen LogP contribution in [0.2, 0.25) is 0 Å². The zero-order chi connectivity index (χ0) is 8.74. The molecule has 0 fully saturated rings. The van der Waals surface area contributed by atoms with Gasteiger partial charge in [0.1, 0.15) is 0 Å². The summed E-state index contributed by atoms with van der Waals surface area (Å²) in [6, 6.07) is 0. The van der Waals surface area contributed by atoms with Crippen LogP contribution < -0.4 is 0 Å². The van der Waals surface area contributed by atoms with Gasteiger partial charge in [0.15, 0.2) is 0 Å². The number of hydrogen-bond acceptors (Lipinski definition) is 1. The molecule has 0 aliphatic rings. The zero-order valence-corrected chi connectivity index (χ0v) is 9.39. The van der Waals surface area contributed by atoms with Crippen molar-refractivity contribution in [3.8, 4) is 0 Å². The fourth-order valence-electron chi connectivity index (χ4n) is 0.744. The van der Waals surface area contributed by atoms with Gasteiger partial charge in [0.25, 0.3) is 5.85 Å². The quantitative estimate of drug-likeness (QED) is 0.379.